The van der Waals surface area contributed by atoms with E-state index < -0.39 is 10.0 Å². The van der Waals surface area contributed by atoms with Gasteiger partial charge in [-0.25, -0.2) is 8.42 Å². The monoisotopic (exact) mass is 441 g/mol. The number of carbonyl (C=O) groups is 2. The quantitative estimate of drug-likeness (QED) is 0.715. The van der Waals surface area contributed by atoms with E-state index in [1.54, 1.807) is 35.2 Å². The number of hydrogen-bond donors (Lipinski definition) is 1. The highest BCUT2D eigenvalue weighted by atomic mass is 32.2. The molecule has 0 radical (unpaired) electrons. The number of nitrogens with zero attached hydrogens (tertiary/aromatic N) is 2. The van der Waals surface area contributed by atoms with E-state index in [0.29, 0.717) is 43.1 Å². The van der Waals surface area contributed by atoms with Crippen LogP contribution in [0.3, 0.4) is 0 Å². The maximum atomic E-state index is 12.6. The van der Waals surface area contributed by atoms with E-state index in [-0.39, 0.29) is 18.2 Å². The molecule has 4 rings (SSSR count). The summed E-state index contributed by atoms with van der Waals surface area (Å²) in [4.78, 5) is 26.4. The second-order valence-electron chi connectivity index (χ2n) is 8.00. The molecule has 0 bridgehead atoms. The Kier molecular flexibility index (Phi) is 6.38. The molecule has 2 aromatic carbocycles. The van der Waals surface area contributed by atoms with Crippen LogP contribution in [0.2, 0.25) is 0 Å². The zero-order valence-electron chi connectivity index (χ0n) is 17.4. The van der Waals surface area contributed by atoms with Crippen LogP contribution >= 0.6 is 0 Å². The van der Waals surface area contributed by atoms with Crippen LogP contribution in [0.4, 0.5) is 11.4 Å². The standard InChI is InChI=1S/C23H27N3O4S/c27-22(24-19-5-3-6-20(17-19)26-16-4-7-23(26)28)13-10-18-8-11-21(12-9-18)31(29,30)25-14-1-2-15-25/h3,5-6,8-9,11-12,17H,1-2,4,7,10,13-16H2,(H,24,27). The van der Waals surface area contributed by atoms with E-state index in [1.165, 1.54) is 4.31 Å². The minimum atomic E-state index is -3.42. The molecule has 8 heteroatoms. The number of rotatable bonds is 7. The molecule has 0 aromatic heterocycles. The Bertz CT molecular complexity index is 1060. The predicted octanol–water partition coefficient (Wildman–Crippen LogP) is 3.17. The lowest BCUT2D eigenvalue weighted by molar-refractivity contribution is -0.117. The Morgan fingerprint density at radius 1 is 0.968 bits per heavy atom. The van der Waals surface area contributed by atoms with Gasteiger partial charge in [0.1, 0.15) is 0 Å². The van der Waals surface area contributed by atoms with Crippen LogP contribution < -0.4 is 10.2 Å². The topological polar surface area (TPSA) is 86.8 Å². The van der Waals surface area contributed by atoms with Gasteiger partial charge in [0, 0.05) is 43.9 Å². The van der Waals surface area contributed by atoms with E-state index >= 15 is 0 Å². The van der Waals surface area contributed by atoms with E-state index in [4.69, 9.17) is 0 Å². The second-order valence-corrected chi connectivity index (χ2v) is 9.94. The molecule has 2 aliphatic rings. The Morgan fingerprint density at radius 2 is 1.71 bits per heavy atom. The summed E-state index contributed by atoms with van der Waals surface area (Å²) in [7, 11) is -3.42. The van der Waals surface area contributed by atoms with Crippen molar-refractivity contribution in [1.29, 1.82) is 0 Å². The van der Waals surface area contributed by atoms with Gasteiger partial charge in [0.2, 0.25) is 21.8 Å². The van der Waals surface area contributed by atoms with Crippen LogP contribution in [-0.4, -0.2) is 44.2 Å². The van der Waals surface area contributed by atoms with Gasteiger partial charge in [-0.05, 0) is 61.6 Å². The van der Waals surface area contributed by atoms with Crippen LogP contribution in [0.25, 0.3) is 0 Å². The van der Waals surface area contributed by atoms with Crippen molar-refractivity contribution in [1.82, 2.24) is 4.31 Å². The SMILES string of the molecule is O=C(CCc1ccc(S(=O)(=O)N2CCCC2)cc1)Nc1cccc(N2CCCC2=O)c1. The summed E-state index contributed by atoms with van der Waals surface area (Å²) in [6.45, 7) is 1.87. The first kappa shape index (κ1) is 21.5. The van der Waals surface area contributed by atoms with Crippen LogP contribution in [0.1, 0.15) is 37.7 Å². The van der Waals surface area contributed by atoms with Crippen LogP contribution in [0.15, 0.2) is 53.4 Å². The van der Waals surface area contributed by atoms with Gasteiger partial charge in [-0.3, -0.25) is 9.59 Å². The molecule has 2 fully saturated rings. The first-order chi connectivity index (χ1) is 14.9. The van der Waals surface area contributed by atoms with Gasteiger partial charge >= 0.3 is 0 Å². The van der Waals surface area contributed by atoms with E-state index in [1.807, 2.05) is 18.2 Å². The minimum Gasteiger partial charge on any atom is -0.326 e. The van der Waals surface area contributed by atoms with Gasteiger partial charge in [0.15, 0.2) is 0 Å². The van der Waals surface area contributed by atoms with Crippen molar-refractivity contribution in [3.8, 4) is 0 Å². The molecule has 1 N–H and O–H groups in total. The first-order valence-corrected chi connectivity index (χ1v) is 12.2. The molecule has 0 atom stereocenters. The summed E-state index contributed by atoms with van der Waals surface area (Å²) in [6, 6.07) is 14.1. The Balaban J connectivity index is 1.32. The number of sulfonamides is 1. The molecule has 0 spiro atoms. The van der Waals surface area contributed by atoms with Gasteiger partial charge in [-0.2, -0.15) is 4.31 Å². The third kappa shape index (κ3) is 4.97. The lowest BCUT2D eigenvalue weighted by atomic mass is 10.1. The Morgan fingerprint density at radius 3 is 2.39 bits per heavy atom. The molecule has 164 valence electrons. The number of nitrogens with one attached hydrogen (secondary N) is 1. The van der Waals surface area contributed by atoms with Crippen LogP contribution in [-0.2, 0) is 26.0 Å². The molecule has 0 aliphatic carbocycles. The van der Waals surface area contributed by atoms with Crippen molar-refractivity contribution in [2.45, 2.75) is 43.4 Å². The molecule has 2 amide bonds. The lowest BCUT2D eigenvalue weighted by Crippen LogP contribution is -2.27. The summed E-state index contributed by atoms with van der Waals surface area (Å²) in [6.07, 6.45) is 4.03. The van der Waals surface area contributed by atoms with Gasteiger partial charge in [0.05, 0.1) is 4.90 Å². The summed E-state index contributed by atoms with van der Waals surface area (Å²) in [5.41, 5.74) is 2.37. The molecule has 7 nitrogen and oxygen atoms in total. The fraction of sp³-hybridized carbons (Fsp3) is 0.391. The molecule has 2 saturated heterocycles. The lowest BCUT2D eigenvalue weighted by Gasteiger charge is -2.17. The number of benzene rings is 2. The molecule has 0 unspecified atom stereocenters. The van der Waals surface area contributed by atoms with Crippen molar-refractivity contribution >= 4 is 33.2 Å². The van der Waals surface area contributed by atoms with E-state index in [9.17, 15) is 18.0 Å². The minimum absolute atomic E-state index is 0.110. The highest BCUT2D eigenvalue weighted by Gasteiger charge is 2.27. The van der Waals surface area contributed by atoms with Crippen molar-refractivity contribution in [2.75, 3.05) is 29.9 Å². The van der Waals surface area contributed by atoms with Gasteiger partial charge < -0.3 is 10.2 Å². The molecule has 0 saturated carbocycles. The smallest absolute Gasteiger partial charge is 0.243 e. The fourth-order valence-electron chi connectivity index (χ4n) is 4.06. The second kappa shape index (κ2) is 9.20. The van der Waals surface area contributed by atoms with Crippen molar-refractivity contribution in [3.05, 3.63) is 54.1 Å². The maximum Gasteiger partial charge on any atom is 0.243 e. The number of carbonyl (C=O) groups excluding carboxylic acids is 2. The molecular formula is C23H27N3O4S. The zero-order chi connectivity index (χ0) is 21.8. The van der Waals surface area contributed by atoms with Crippen LogP contribution in [0.5, 0.6) is 0 Å². The highest BCUT2D eigenvalue weighted by Crippen LogP contribution is 2.25. The summed E-state index contributed by atoms with van der Waals surface area (Å²) < 4.78 is 26.7. The third-order valence-electron chi connectivity index (χ3n) is 5.78. The molecule has 2 aliphatic heterocycles. The van der Waals surface area contributed by atoms with Crippen molar-refractivity contribution in [3.63, 3.8) is 0 Å². The van der Waals surface area contributed by atoms with Crippen molar-refractivity contribution < 1.29 is 18.0 Å². The molecular weight excluding hydrogens is 414 g/mol. The average molecular weight is 442 g/mol. The Hall–Kier alpha value is -2.71. The molecule has 31 heavy (non-hydrogen) atoms. The normalized spacial score (nSPS) is 17.3. The predicted molar refractivity (Wildman–Crippen MR) is 119 cm³/mol. The van der Waals surface area contributed by atoms with E-state index in [2.05, 4.69) is 5.32 Å². The van der Waals surface area contributed by atoms with Gasteiger partial charge in [-0.1, -0.05) is 18.2 Å². The summed E-state index contributed by atoms with van der Waals surface area (Å²) in [5.74, 6) is -0.0164. The third-order valence-corrected chi connectivity index (χ3v) is 7.69. The summed E-state index contributed by atoms with van der Waals surface area (Å²) >= 11 is 0. The van der Waals surface area contributed by atoms with E-state index in [0.717, 1.165) is 30.5 Å². The number of anilines is 2. The average Bonchev–Trinajstić information content (AvgIpc) is 3.45. The molecule has 2 aromatic rings. The highest BCUT2D eigenvalue weighted by molar-refractivity contribution is 7.89. The first-order valence-electron chi connectivity index (χ1n) is 10.7. The molecule has 2 heterocycles. The zero-order valence-corrected chi connectivity index (χ0v) is 18.2. The fourth-order valence-corrected chi connectivity index (χ4v) is 5.58. The maximum absolute atomic E-state index is 12.6. The largest absolute Gasteiger partial charge is 0.326 e. The Labute approximate surface area is 183 Å². The van der Waals surface area contributed by atoms with Gasteiger partial charge in [0.25, 0.3) is 0 Å². The van der Waals surface area contributed by atoms with Gasteiger partial charge in [-0.15, -0.1) is 0 Å². The number of aryl methyl sites for hydroxylation is 1. The van der Waals surface area contributed by atoms with Crippen LogP contribution in [0, 0.1) is 0 Å². The summed E-state index contributed by atoms with van der Waals surface area (Å²) in [5, 5.41) is 2.88. The number of amides is 2. The number of hydrogen-bond acceptors (Lipinski definition) is 4. The van der Waals surface area contributed by atoms with Crippen molar-refractivity contribution in [2.24, 2.45) is 0 Å².